The first-order valence-electron chi connectivity index (χ1n) is 12.7. The minimum atomic E-state index is -1.46. The first kappa shape index (κ1) is 22.3. The van der Waals surface area contributed by atoms with Crippen molar-refractivity contribution in [2.75, 3.05) is 6.61 Å². The van der Waals surface area contributed by atoms with Crippen LogP contribution in [0.1, 0.15) is 49.7 Å². The highest BCUT2D eigenvalue weighted by molar-refractivity contribution is 6.58. The molecule has 7 rings (SSSR count). The first-order chi connectivity index (χ1) is 16.4. The van der Waals surface area contributed by atoms with Crippen molar-refractivity contribution in [3.8, 4) is 11.1 Å². The molecule has 0 saturated heterocycles. The van der Waals surface area contributed by atoms with Crippen molar-refractivity contribution in [3.63, 3.8) is 0 Å². The van der Waals surface area contributed by atoms with Crippen LogP contribution in [-0.2, 0) is 11.8 Å². The second kappa shape index (κ2) is 8.49. The minimum absolute atomic E-state index is 0.207. The number of hydrogen-bond acceptors (Lipinski definition) is 4. The maximum Gasteiger partial charge on any atom is 0.488 e. The van der Waals surface area contributed by atoms with Crippen molar-refractivity contribution in [1.82, 2.24) is 0 Å². The van der Waals surface area contributed by atoms with E-state index in [0.717, 1.165) is 34.1 Å². The van der Waals surface area contributed by atoms with Crippen LogP contribution in [0.5, 0.6) is 0 Å². The third-order valence-electron chi connectivity index (χ3n) is 8.88. The summed E-state index contributed by atoms with van der Waals surface area (Å²) in [4.78, 5) is 0. The van der Waals surface area contributed by atoms with E-state index in [1.165, 1.54) is 55.2 Å². The number of aliphatic hydroxyl groups excluding tert-OH is 2. The van der Waals surface area contributed by atoms with E-state index < -0.39 is 13.2 Å². The van der Waals surface area contributed by atoms with Crippen LogP contribution in [0.25, 0.3) is 21.9 Å². The third kappa shape index (κ3) is 3.89. The van der Waals surface area contributed by atoms with E-state index in [9.17, 15) is 20.3 Å². The Morgan fingerprint density at radius 3 is 2.03 bits per heavy atom. The zero-order chi connectivity index (χ0) is 23.4. The van der Waals surface area contributed by atoms with Crippen molar-refractivity contribution in [1.29, 1.82) is 0 Å². The van der Waals surface area contributed by atoms with Gasteiger partial charge in [0.15, 0.2) is 0 Å². The molecule has 0 amide bonds. The van der Waals surface area contributed by atoms with E-state index in [4.69, 9.17) is 0 Å². The molecule has 0 heterocycles. The molecule has 1 atom stereocenters. The van der Waals surface area contributed by atoms with Crippen LogP contribution in [0.15, 0.2) is 54.6 Å². The third-order valence-corrected chi connectivity index (χ3v) is 8.88. The minimum Gasteiger partial charge on any atom is -0.423 e. The summed E-state index contributed by atoms with van der Waals surface area (Å²) >= 11 is 0. The van der Waals surface area contributed by atoms with E-state index in [-0.39, 0.29) is 12.0 Å². The van der Waals surface area contributed by atoms with Crippen LogP contribution in [0, 0.1) is 17.8 Å². The van der Waals surface area contributed by atoms with Gasteiger partial charge in [-0.25, -0.2) is 0 Å². The molecule has 3 aromatic carbocycles. The summed E-state index contributed by atoms with van der Waals surface area (Å²) in [5.41, 5.74) is 5.62. The Morgan fingerprint density at radius 1 is 0.794 bits per heavy atom. The predicted octanol–water partition coefficient (Wildman–Crippen LogP) is 3.55. The second-order valence-electron chi connectivity index (χ2n) is 11.3. The lowest BCUT2D eigenvalue weighted by atomic mass is 9.47. The van der Waals surface area contributed by atoms with Crippen LogP contribution in [-0.4, -0.2) is 40.1 Å². The van der Waals surface area contributed by atoms with Crippen molar-refractivity contribution >= 4 is 23.4 Å². The van der Waals surface area contributed by atoms with Crippen LogP contribution >= 0.6 is 0 Å². The molecule has 5 heteroatoms. The Morgan fingerprint density at radius 2 is 1.38 bits per heavy atom. The van der Waals surface area contributed by atoms with Gasteiger partial charge in [-0.15, -0.1) is 0 Å². The molecule has 1 unspecified atom stereocenters. The lowest BCUT2D eigenvalue weighted by Crippen LogP contribution is -2.49. The molecule has 4 nitrogen and oxygen atoms in total. The van der Waals surface area contributed by atoms with Crippen LogP contribution < -0.4 is 5.46 Å². The van der Waals surface area contributed by atoms with E-state index >= 15 is 0 Å². The summed E-state index contributed by atoms with van der Waals surface area (Å²) in [6.07, 6.45) is 7.72. The lowest BCUT2D eigenvalue weighted by molar-refractivity contribution is -0.00589. The van der Waals surface area contributed by atoms with Crippen molar-refractivity contribution in [2.24, 2.45) is 17.8 Å². The molecule has 4 bridgehead atoms. The molecule has 4 fully saturated rings. The molecule has 3 aromatic rings. The Balaban J connectivity index is 1.43. The van der Waals surface area contributed by atoms with Gasteiger partial charge in [0.25, 0.3) is 0 Å². The normalized spacial score (nSPS) is 28.4. The molecular formula is C29H33BO4. The van der Waals surface area contributed by atoms with E-state index in [0.29, 0.717) is 11.9 Å². The Labute approximate surface area is 201 Å². The Bertz CT molecular complexity index is 1180. The van der Waals surface area contributed by atoms with Gasteiger partial charge in [0.2, 0.25) is 0 Å². The van der Waals surface area contributed by atoms with Crippen molar-refractivity contribution in [3.05, 3.63) is 65.7 Å². The largest absolute Gasteiger partial charge is 0.488 e. The molecule has 0 radical (unpaired) electrons. The standard InChI is InChI=1S/C29H33BO4/c31-17-27(32)12-25-4-3-24(21-1-2-23-11-26(30(33)34)6-5-22(23)10-21)13-28(25)29-14-18-7-19(15-29)9-20(8-18)16-29/h1-6,10-11,13,18-20,27,31-34H,7-9,12,14-17H2. The Kier molecular flexibility index (Phi) is 5.57. The van der Waals surface area contributed by atoms with Gasteiger partial charge in [0, 0.05) is 6.42 Å². The van der Waals surface area contributed by atoms with Crippen molar-refractivity contribution < 1.29 is 20.3 Å². The van der Waals surface area contributed by atoms with Gasteiger partial charge >= 0.3 is 7.12 Å². The number of hydrogen-bond donors (Lipinski definition) is 4. The molecule has 0 aliphatic heterocycles. The predicted molar refractivity (Wildman–Crippen MR) is 136 cm³/mol. The quantitative estimate of drug-likeness (QED) is 0.428. The second-order valence-corrected chi connectivity index (χ2v) is 11.3. The number of aliphatic hydroxyl groups is 2. The summed E-state index contributed by atoms with van der Waals surface area (Å²) in [7, 11) is -1.46. The highest BCUT2D eigenvalue weighted by Gasteiger charge is 2.52. The molecule has 4 N–H and O–H groups in total. The molecule has 4 aliphatic rings. The maximum absolute atomic E-state index is 10.3. The highest BCUT2D eigenvalue weighted by atomic mass is 16.4. The molecule has 0 spiro atoms. The maximum atomic E-state index is 10.3. The molecule has 0 aromatic heterocycles. The average molecular weight is 456 g/mol. The summed E-state index contributed by atoms with van der Waals surface area (Å²) in [5.74, 6) is 2.51. The molecular weight excluding hydrogens is 423 g/mol. The first-order valence-corrected chi connectivity index (χ1v) is 12.7. The van der Waals surface area contributed by atoms with Crippen LogP contribution in [0.2, 0.25) is 0 Å². The Hall–Kier alpha value is -2.18. The van der Waals surface area contributed by atoms with E-state index in [2.05, 4.69) is 30.3 Å². The molecule has 176 valence electrons. The fourth-order valence-electron chi connectivity index (χ4n) is 7.79. The highest BCUT2D eigenvalue weighted by Crippen LogP contribution is 2.61. The summed E-state index contributed by atoms with van der Waals surface area (Å²) < 4.78 is 0. The van der Waals surface area contributed by atoms with E-state index in [1.807, 2.05) is 18.2 Å². The van der Waals surface area contributed by atoms with Gasteiger partial charge in [0.05, 0.1) is 12.7 Å². The topological polar surface area (TPSA) is 80.9 Å². The summed E-state index contributed by atoms with van der Waals surface area (Å²) in [6, 6.07) is 18.6. The van der Waals surface area contributed by atoms with Crippen LogP contribution in [0.4, 0.5) is 0 Å². The zero-order valence-corrected chi connectivity index (χ0v) is 19.5. The number of benzene rings is 3. The van der Waals surface area contributed by atoms with E-state index in [1.54, 1.807) is 6.07 Å². The molecule has 4 aliphatic carbocycles. The van der Waals surface area contributed by atoms with Gasteiger partial charge in [-0.3, -0.25) is 0 Å². The summed E-state index contributed by atoms with van der Waals surface area (Å²) in [6.45, 7) is -0.211. The number of rotatable bonds is 6. The monoisotopic (exact) mass is 456 g/mol. The molecule has 4 saturated carbocycles. The summed E-state index contributed by atoms with van der Waals surface area (Å²) in [5, 5.41) is 40.9. The zero-order valence-electron chi connectivity index (χ0n) is 19.5. The van der Waals surface area contributed by atoms with Crippen LogP contribution in [0.3, 0.4) is 0 Å². The molecule has 34 heavy (non-hydrogen) atoms. The number of fused-ring (bicyclic) bond motifs is 1. The van der Waals surface area contributed by atoms with Gasteiger partial charge < -0.3 is 20.3 Å². The van der Waals surface area contributed by atoms with Gasteiger partial charge in [-0.1, -0.05) is 48.5 Å². The smallest absolute Gasteiger partial charge is 0.423 e. The lowest BCUT2D eigenvalue weighted by Gasteiger charge is -2.57. The SMILES string of the molecule is OCC(O)Cc1ccc(-c2ccc3cc(B(O)O)ccc3c2)cc1C12CC3CC(CC(C3)C1)C2. The average Bonchev–Trinajstić information content (AvgIpc) is 2.82. The van der Waals surface area contributed by atoms with Gasteiger partial charge in [-0.05, 0) is 106 Å². The van der Waals surface area contributed by atoms with Gasteiger partial charge in [-0.2, -0.15) is 0 Å². The van der Waals surface area contributed by atoms with Gasteiger partial charge in [0.1, 0.15) is 0 Å². The fourth-order valence-corrected chi connectivity index (χ4v) is 7.79. The van der Waals surface area contributed by atoms with Crippen molar-refractivity contribution in [2.45, 2.75) is 56.5 Å². The fraction of sp³-hybridized carbons (Fsp3) is 0.448.